The standard InChI is InChI=1S/C14H11NO4.C13H9NO5/c15-12-6-1-3-10(16)13(18)8(6)5-9-7(12)2-4-11(17)14(9)19;15-9-1-5-7(3-11(9)17)14-8-4-12(18)10(16)2-6(8)13(5)19-14/h1-5,16-19H,15H2;1-4,13,15-18H. The van der Waals surface area contributed by atoms with E-state index in [1.54, 1.807) is 12.1 Å². The molecule has 0 amide bonds. The number of nitrogens with two attached hydrogens (primary N) is 1. The fourth-order valence-corrected chi connectivity index (χ4v) is 4.81. The van der Waals surface area contributed by atoms with Crippen LogP contribution in [0.4, 0.5) is 17.1 Å². The Morgan fingerprint density at radius 1 is 0.526 bits per heavy atom. The molecular formula is C27H20N2O9. The highest BCUT2D eigenvalue weighted by molar-refractivity contribution is 6.14. The Hall–Kier alpha value is -5.42. The van der Waals surface area contributed by atoms with Crippen molar-refractivity contribution in [3.8, 4) is 46.0 Å². The first-order chi connectivity index (χ1) is 18.1. The van der Waals surface area contributed by atoms with Crippen LogP contribution in [0.25, 0.3) is 21.5 Å². The minimum absolute atomic E-state index is 0.222. The van der Waals surface area contributed by atoms with Crippen LogP contribution in [0.3, 0.4) is 0 Å². The normalized spacial score (nSPS) is 13.4. The van der Waals surface area contributed by atoms with E-state index in [0.29, 0.717) is 49.7 Å². The molecule has 5 aromatic carbocycles. The molecule has 0 aromatic heterocycles. The Bertz CT molecular complexity index is 1630. The summed E-state index contributed by atoms with van der Waals surface area (Å²) in [6.07, 6.45) is -0.456. The Morgan fingerprint density at radius 2 is 0.947 bits per heavy atom. The van der Waals surface area contributed by atoms with E-state index in [4.69, 9.17) is 10.6 Å². The van der Waals surface area contributed by atoms with Crippen LogP contribution < -0.4 is 10.8 Å². The van der Waals surface area contributed by atoms with Crippen molar-refractivity contribution < 1.29 is 45.7 Å². The molecule has 192 valence electrons. The maximum absolute atomic E-state index is 9.85. The number of phenolic OH excluding ortho intramolecular Hbond substituents is 8. The van der Waals surface area contributed by atoms with Crippen LogP contribution in [0.5, 0.6) is 46.0 Å². The first-order valence-electron chi connectivity index (χ1n) is 11.2. The highest BCUT2D eigenvalue weighted by Crippen LogP contribution is 2.57. The molecule has 0 saturated carbocycles. The molecule has 2 bridgehead atoms. The first kappa shape index (κ1) is 23.0. The number of phenols is 8. The maximum atomic E-state index is 9.85. The summed E-state index contributed by atoms with van der Waals surface area (Å²) in [5.41, 5.74) is 8.99. The van der Waals surface area contributed by atoms with E-state index in [1.807, 2.05) is 0 Å². The fourth-order valence-electron chi connectivity index (χ4n) is 4.81. The molecule has 0 atom stereocenters. The van der Waals surface area contributed by atoms with Crippen LogP contribution in [-0.2, 0) is 4.84 Å². The summed E-state index contributed by atoms with van der Waals surface area (Å²) in [7, 11) is 0. The number of nitrogens with zero attached hydrogens (tertiary/aromatic N) is 1. The molecule has 0 fully saturated rings. The minimum Gasteiger partial charge on any atom is -0.504 e. The van der Waals surface area contributed by atoms with Gasteiger partial charge in [0.2, 0.25) is 0 Å². The van der Waals surface area contributed by atoms with E-state index >= 15 is 0 Å². The molecule has 10 N–H and O–H groups in total. The molecule has 2 aliphatic heterocycles. The number of benzene rings is 5. The van der Waals surface area contributed by atoms with Crippen LogP contribution in [0.15, 0.2) is 54.6 Å². The van der Waals surface area contributed by atoms with E-state index in [0.717, 1.165) is 0 Å². The predicted octanol–water partition coefficient (Wildman–Crippen LogP) is 4.39. The summed E-state index contributed by atoms with van der Waals surface area (Å²) < 4.78 is 0. The van der Waals surface area contributed by atoms with Gasteiger partial charge in [0.25, 0.3) is 0 Å². The van der Waals surface area contributed by atoms with Crippen molar-refractivity contribution in [3.63, 3.8) is 0 Å². The molecule has 11 heteroatoms. The monoisotopic (exact) mass is 516 g/mol. The molecule has 0 saturated heterocycles. The molecule has 2 heterocycles. The smallest absolute Gasteiger partial charge is 0.165 e. The van der Waals surface area contributed by atoms with Gasteiger partial charge in [-0.25, -0.2) is 5.06 Å². The average Bonchev–Trinajstić information content (AvgIpc) is 3.42. The van der Waals surface area contributed by atoms with Gasteiger partial charge in [0.1, 0.15) is 6.10 Å². The van der Waals surface area contributed by atoms with Gasteiger partial charge in [0.15, 0.2) is 46.0 Å². The lowest BCUT2D eigenvalue weighted by Gasteiger charge is -2.18. The van der Waals surface area contributed by atoms with Crippen molar-refractivity contribution >= 4 is 38.6 Å². The molecule has 7 rings (SSSR count). The van der Waals surface area contributed by atoms with Gasteiger partial charge in [-0.3, -0.25) is 4.84 Å². The van der Waals surface area contributed by atoms with Crippen LogP contribution >= 0.6 is 0 Å². The second-order valence-electron chi connectivity index (χ2n) is 8.93. The topological polar surface area (TPSA) is 200 Å². The van der Waals surface area contributed by atoms with Gasteiger partial charge in [0, 0.05) is 50.5 Å². The van der Waals surface area contributed by atoms with Gasteiger partial charge in [-0.15, -0.1) is 0 Å². The minimum atomic E-state index is -0.456. The summed E-state index contributed by atoms with van der Waals surface area (Å²) in [4.78, 5) is 5.62. The summed E-state index contributed by atoms with van der Waals surface area (Å²) in [5.74, 6) is -2.08. The van der Waals surface area contributed by atoms with Gasteiger partial charge < -0.3 is 46.6 Å². The quantitative estimate of drug-likeness (QED) is 0.0803. The Morgan fingerprint density at radius 3 is 1.39 bits per heavy atom. The zero-order valence-electron chi connectivity index (χ0n) is 19.3. The lowest BCUT2D eigenvalue weighted by Crippen LogP contribution is -2.07. The number of nitrogen functional groups attached to an aromatic ring is 1. The Kier molecular flexibility index (Phi) is 4.72. The van der Waals surface area contributed by atoms with Gasteiger partial charge >= 0.3 is 0 Å². The fraction of sp³-hybridized carbons (Fsp3) is 0.0370. The van der Waals surface area contributed by atoms with Gasteiger partial charge in [0.05, 0.1) is 11.4 Å². The third-order valence-electron chi connectivity index (χ3n) is 6.72. The number of hydrogen-bond acceptors (Lipinski definition) is 11. The van der Waals surface area contributed by atoms with E-state index in [1.165, 1.54) is 47.5 Å². The SMILES string of the molecule is Nc1c2ccc(O)c(O)c2cc2c(O)c(O)ccc12.Oc1cc2c(cc1O)N1OC2c2cc(O)c(O)cc21. The van der Waals surface area contributed by atoms with Gasteiger partial charge in [-0.1, -0.05) is 0 Å². The van der Waals surface area contributed by atoms with E-state index in [2.05, 4.69) is 0 Å². The summed E-state index contributed by atoms with van der Waals surface area (Å²) in [6, 6.07) is 13.0. The largest absolute Gasteiger partial charge is 0.504 e. The predicted molar refractivity (Wildman–Crippen MR) is 137 cm³/mol. The third kappa shape index (κ3) is 3.12. The zero-order valence-corrected chi connectivity index (χ0v) is 19.3. The van der Waals surface area contributed by atoms with Gasteiger partial charge in [-0.2, -0.15) is 0 Å². The lowest BCUT2D eigenvalue weighted by molar-refractivity contribution is 0.127. The van der Waals surface area contributed by atoms with Crippen LogP contribution in [0, 0.1) is 0 Å². The maximum Gasteiger partial charge on any atom is 0.165 e. The summed E-state index contributed by atoms with van der Waals surface area (Å²) in [6.45, 7) is 0. The van der Waals surface area contributed by atoms with E-state index in [9.17, 15) is 40.9 Å². The number of aromatic hydroxyl groups is 8. The van der Waals surface area contributed by atoms with Gasteiger partial charge in [-0.05, 0) is 42.5 Å². The lowest BCUT2D eigenvalue weighted by atomic mass is 9.95. The summed E-state index contributed by atoms with van der Waals surface area (Å²) >= 11 is 0. The molecule has 0 aliphatic carbocycles. The Labute approximate surface area is 213 Å². The van der Waals surface area contributed by atoms with Crippen molar-refractivity contribution in [1.82, 2.24) is 0 Å². The molecule has 38 heavy (non-hydrogen) atoms. The van der Waals surface area contributed by atoms with Crippen molar-refractivity contribution in [3.05, 3.63) is 65.7 Å². The van der Waals surface area contributed by atoms with Crippen molar-refractivity contribution in [1.29, 1.82) is 0 Å². The van der Waals surface area contributed by atoms with Crippen LogP contribution in [0.1, 0.15) is 17.2 Å². The molecule has 0 spiro atoms. The first-order valence-corrected chi connectivity index (χ1v) is 11.2. The van der Waals surface area contributed by atoms with Crippen molar-refractivity contribution in [2.45, 2.75) is 6.10 Å². The number of hydrogen-bond donors (Lipinski definition) is 9. The van der Waals surface area contributed by atoms with Crippen LogP contribution in [-0.4, -0.2) is 40.9 Å². The second kappa shape index (κ2) is 7.79. The second-order valence-corrected chi connectivity index (χ2v) is 8.93. The highest BCUT2D eigenvalue weighted by atomic mass is 16.7. The average molecular weight is 516 g/mol. The van der Waals surface area contributed by atoms with Crippen molar-refractivity contribution in [2.24, 2.45) is 0 Å². The van der Waals surface area contributed by atoms with E-state index in [-0.39, 0.29) is 46.0 Å². The molecular weight excluding hydrogens is 496 g/mol. The van der Waals surface area contributed by atoms with Crippen molar-refractivity contribution in [2.75, 3.05) is 10.8 Å². The summed E-state index contributed by atoms with van der Waals surface area (Å²) in [5, 5.41) is 80.1. The highest BCUT2D eigenvalue weighted by Gasteiger charge is 2.43. The van der Waals surface area contributed by atoms with Crippen LogP contribution in [0.2, 0.25) is 0 Å². The molecule has 2 aliphatic rings. The molecule has 11 nitrogen and oxygen atoms in total. The zero-order chi connectivity index (χ0) is 27.0. The Balaban J connectivity index is 0.000000139. The number of rotatable bonds is 0. The molecule has 0 unspecified atom stereocenters. The molecule has 5 aromatic rings. The number of anilines is 3. The number of fused-ring (bicyclic) bond motifs is 10. The molecule has 0 radical (unpaired) electrons. The van der Waals surface area contributed by atoms with E-state index < -0.39 is 6.10 Å². The third-order valence-corrected chi connectivity index (χ3v) is 6.72.